The molecule has 4 nitrogen and oxygen atoms in total. The Morgan fingerprint density at radius 3 is 2.43 bits per heavy atom. The molecule has 0 radical (unpaired) electrons. The van der Waals surface area contributed by atoms with Crippen LogP contribution >= 0.6 is 0 Å². The number of hydrogen-bond acceptors (Lipinski definition) is 2. The van der Waals surface area contributed by atoms with Crippen molar-refractivity contribution >= 4 is 11.9 Å². The van der Waals surface area contributed by atoms with Crippen LogP contribution in [-0.2, 0) is 22.2 Å². The van der Waals surface area contributed by atoms with E-state index >= 15 is 0 Å². The lowest BCUT2D eigenvalue weighted by molar-refractivity contribution is -0.149. The van der Waals surface area contributed by atoms with E-state index in [2.05, 4.69) is 0 Å². The maximum atomic E-state index is 12.5. The summed E-state index contributed by atoms with van der Waals surface area (Å²) in [6.45, 7) is 2.07. The number of halogens is 3. The number of carboxylic acids is 1. The van der Waals surface area contributed by atoms with E-state index in [1.54, 1.807) is 6.92 Å². The average Bonchev–Trinajstić information content (AvgIpc) is 2.95. The van der Waals surface area contributed by atoms with Crippen LogP contribution in [0.25, 0.3) is 0 Å². The number of carbonyl (C=O) groups is 2. The summed E-state index contributed by atoms with van der Waals surface area (Å²) >= 11 is 0. The van der Waals surface area contributed by atoms with Crippen LogP contribution in [0.2, 0.25) is 0 Å². The molecule has 126 valence electrons. The first kappa shape index (κ1) is 17.3. The number of carboxylic acid groups (broad SMARTS) is 1. The van der Waals surface area contributed by atoms with E-state index in [9.17, 15) is 22.8 Å². The summed E-state index contributed by atoms with van der Waals surface area (Å²) < 4.78 is 37.6. The maximum absolute atomic E-state index is 12.5. The largest absolute Gasteiger partial charge is 0.480 e. The molecule has 1 fully saturated rings. The van der Waals surface area contributed by atoms with E-state index in [1.165, 1.54) is 17.0 Å². The standard InChI is InChI=1S/C16H18F3NO3/c1-10(14(21)20-8-2-3-13(20)15(22)23)9-11-4-6-12(7-5-11)16(17,18)19/h4-7,10,13H,2-3,8-9H2,1H3,(H,22,23)/t10-,13-/m1/s1. The van der Waals surface area contributed by atoms with E-state index < -0.39 is 29.7 Å². The molecule has 1 aliphatic heterocycles. The molecule has 0 saturated carbocycles. The first-order chi connectivity index (χ1) is 10.7. The van der Waals surface area contributed by atoms with Crippen LogP contribution in [0.4, 0.5) is 13.2 Å². The van der Waals surface area contributed by atoms with E-state index in [0.29, 0.717) is 24.9 Å². The van der Waals surface area contributed by atoms with Gasteiger partial charge in [-0.05, 0) is 37.0 Å². The Morgan fingerprint density at radius 2 is 1.91 bits per heavy atom. The lowest BCUT2D eigenvalue weighted by Gasteiger charge is -2.25. The second kappa shape index (κ2) is 6.60. The van der Waals surface area contributed by atoms with Crippen molar-refractivity contribution in [1.82, 2.24) is 4.90 Å². The fraction of sp³-hybridized carbons (Fsp3) is 0.500. The molecule has 0 bridgehead atoms. The molecule has 0 aliphatic carbocycles. The minimum Gasteiger partial charge on any atom is -0.480 e. The van der Waals surface area contributed by atoms with Crippen molar-refractivity contribution in [2.24, 2.45) is 5.92 Å². The van der Waals surface area contributed by atoms with Gasteiger partial charge in [-0.1, -0.05) is 19.1 Å². The molecule has 2 rings (SSSR count). The Morgan fingerprint density at radius 1 is 1.30 bits per heavy atom. The van der Waals surface area contributed by atoms with E-state index in [1.807, 2.05) is 0 Å². The topological polar surface area (TPSA) is 57.6 Å². The zero-order valence-corrected chi connectivity index (χ0v) is 12.6. The van der Waals surface area contributed by atoms with E-state index in [0.717, 1.165) is 12.1 Å². The van der Waals surface area contributed by atoms with Gasteiger partial charge >= 0.3 is 12.1 Å². The van der Waals surface area contributed by atoms with Gasteiger partial charge in [-0.3, -0.25) is 4.79 Å². The number of hydrogen-bond donors (Lipinski definition) is 1. The number of likely N-dealkylation sites (tertiary alicyclic amines) is 1. The maximum Gasteiger partial charge on any atom is 0.416 e. The molecule has 1 aliphatic rings. The lowest BCUT2D eigenvalue weighted by Crippen LogP contribution is -2.43. The van der Waals surface area contributed by atoms with Gasteiger partial charge < -0.3 is 10.0 Å². The number of carbonyl (C=O) groups excluding carboxylic acids is 1. The fourth-order valence-electron chi connectivity index (χ4n) is 2.84. The second-order valence-electron chi connectivity index (χ2n) is 5.83. The highest BCUT2D eigenvalue weighted by atomic mass is 19.4. The van der Waals surface area contributed by atoms with Crippen molar-refractivity contribution < 1.29 is 27.9 Å². The van der Waals surface area contributed by atoms with Crippen LogP contribution in [-0.4, -0.2) is 34.5 Å². The highest BCUT2D eigenvalue weighted by Crippen LogP contribution is 2.29. The van der Waals surface area contributed by atoms with E-state index in [-0.39, 0.29) is 12.3 Å². The first-order valence-electron chi connectivity index (χ1n) is 7.39. The zero-order chi connectivity index (χ0) is 17.2. The molecule has 1 heterocycles. The number of amides is 1. The van der Waals surface area contributed by atoms with Gasteiger partial charge in [0.1, 0.15) is 6.04 Å². The summed E-state index contributed by atoms with van der Waals surface area (Å²) in [6.07, 6.45) is -3.02. The summed E-state index contributed by atoms with van der Waals surface area (Å²) in [7, 11) is 0. The fourth-order valence-corrected chi connectivity index (χ4v) is 2.84. The normalized spacial score (nSPS) is 19.7. The van der Waals surface area contributed by atoms with Gasteiger partial charge in [0.15, 0.2) is 0 Å². The van der Waals surface area contributed by atoms with Crippen LogP contribution < -0.4 is 0 Å². The van der Waals surface area contributed by atoms with Crippen molar-refractivity contribution in [1.29, 1.82) is 0 Å². The van der Waals surface area contributed by atoms with Gasteiger partial charge in [-0.2, -0.15) is 13.2 Å². The molecular weight excluding hydrogens is 311 g/mol. The monoisotopic (exact) mass is 329 g/mol. The predicted octanol–water partition coefficient (Wildman–Crippen LogP) is 2.96. The van der Waals surface area contributed by atoms with Crippen LogP contribution in [0.15, 0.2) is 24.3 Å². The first-order valence-corrected chi connectivity index (χ1v) is 7.39. The minimum absolute atomic E-state index is 0.269. The van der Waals surface area contributed by atoms with Gasteiger partial charge in [-0.25, -0.2) is 4.79 Å². The number of benzene rings is 1. The number of rotatable bonds is 4. The number of aliphatic carboxylic acids is 1. The Balaban J connectivity index is 2.02. The highest BCUT2D eigenvalue weighted by molar-refractivity contribution is 5.85. The summed E-state index contributed by atoms with van der Waals surface area (Å²) in [6, 6.07) is 3.89. The van der Waals surface area contributed by atoms with Crippen molar-refractivity contribution in [2.45, 2.75) is 38.4 Å². The van der Waals surface area contributed by atoms with E-state index in [4.69, 9.17) is 5.11 Å². The van der Waals surface area contributed by atoms with Crippen molar-refractivity contribution in [2.75, 3.05) is 6.54 Å². The van der Waals surface area contributed by atoms with Crippen molar-refractivity contribution in [3.63, 3.8) is 0 Å². The molecule has 1 amide bonds. The third-order valence-corrected chi connectivity index (χ3v) is 4.07. The molecule has 0 spiro atoms. The molecule has 0 unspecified atom stereocenters. The van der Waals surface area contributed by atoms with Gasteiger partial charge in [-0.15, -0.1) is 0 Å². The summed E-state index contributed by atoms with van der Waals surface area (Å²) in [5.74, 6) is -1.76. The molecule has 1 N–H and O–H groups in total. The van der Waals surface area contributed by atoms with Crippen LogP contribution in [0.5, 0.6) is 0 Å². The smallest absolute Gasteiger partial charge is 0.416 e. The predicted molar refractivity (Wildman–Crippen MR) is 76.7 cm³/mol. The van der Waals surface area contributed by atoms with Gasteiger partial charge in [0.25, 0.3) is 0 Å². The molecule has 23 heavy (non-hydrogen) atoms. The van der Waals surface area contributed by atoms with Crippen LogP contribution in [0.1, 0.15) is 30.9 Å². The molecule has 7 heteroatoms. The Labute approximate surface area is 131 Å². The van der Waals surface area contributed by atoms with Gasteiger partial charge in [0, 0.05) is 12.5 Å². The number of nitrogens with zero attached hydrogens (tertiary/aromatic N) is 1. The Bertz CT molecular complexity index is 583. The molecule has 2 atom stereocenters. The SMILES string of the molecule is C[C@H](Cc1ccc(C(F)(F)F)cc1)C(=O)N1CCC[C@@H]1C(=O)O. The lowest BCUT2D eigenvalue weighted by atomic mass is 9.98. The minimum atomic E-state index is -4.38. The third-order valence-electron chi connectivity index (χ3n) is 4.07. The van der Waals surface area contributed by atoms with Crippen molar-refractivity contribution in [3.8, 4) is 0 Å². The third kappa shape index (κ3) is 4.03. The summed E-state index contributed by atoms with van der Waals surface area (Å²) in [5, 5.41) is 9.11. The molecule has 1 saturated heterocycles. The Kier molecular flexibility index (Phi) is 4.97. The summed E-state index contributed by atoms with van der Waals surface area (Å²) in [4.78, 5) is 24.9. The van der Waals surface area contributed by atoms with Crippen LogP contribution in [0.3, 0.4) is 0 Å². The molecule has 1 aromatic carbocycles. The molecule has 0 aromatic heterocycles. The average molecular weight is 329 g/mol. The molecular formula is C16H18F3NO3. The molecule has 1 aromatic rings. The zero-order valence-electron chi connectivity index (χ0n) is 12.6. The van der Waals surface area contributed by atoms with Crippen LogP contribution in [0, 0.1) is 5.92 Å². The number of alkyl halides is 3. The Hall–Kier alpha value is -2.05. The summed E-state index contributed by atoms with van der Waals surface area (Å²) in [5.41, 5.74) is -0.115. The highest BCUT2D eigenvalue weighted by Gasteiger charge is 2.36. The second-order valence-corrected chi connectivity index (χ2v) is 5.83. The van der Waals surface area contributed by atoms with Gasteiger partial charge in [0.2, 0.25) is 5.91 Å². The van der Waals surface area contributed by atoms with Crippen molar-refractivity contribution in [3.05, 3.63) is 35.4 Å². The quantitative estimate of drug-likeness (QED) is 0.924. The van der Waals surface area contributed by atoms with Gasteiger partial charge in [0.05, 0.1) is 5.56 Å².